The third kappa shape index (κ3) is 7.78. The molecule has 1 fully saturated rings. The minimum atomic E-state index is 0.0442. The maximum atomic E-state index is 6.39. The van der Waals surface area contributed by atoms with Crippen LogP contribution in [0.4, 0.5) is 11.9 Å². The number of nitrogens with two attached hydrogens (primary N) is 2. The van der Waals surface area contributed by atoms with Gasteiger partial charge in [0.05, 0.1) is 45.2 Å². The number of nitrogens with zero attached hydrogens (tertiary/aromatic N) is 9. The second-order valence-electron chi connectivity index (χ2n) is 16.3. The predicted octanol–water partition coefficient (Wildman–Crippen LogP) is 7.46. The lowest BCUT2D eigenvalue weighted by molar-refractivity contribution is 0.105. The zero-order valence-electron chi connectivity index (χ0n) is 35.2. The first-order chi connectivity index (χ1) is 28.4. The second-order valence-corrected chi connectivity index (χ2v) is 16.3. The lowest BCUT2D eigenvalue weighted by atomic mass is 9.93. The van der Waals surface area contributed by atoms with Gasteiger partial charge in [0.15, 0.2) is 0 Å². The van der Waals surface area contributed by atoms with Crippen molar-refractivity contribution in [2.75, 3.05) is 30.3 Å². The van der Waals surface area contributed by atoms with E-state index >= 15 is 0 Å². The maximum Gasteiger partial charge on any atom is 0.208 e. The number of aromatic nitrogens is 6. The summed E-state index contributed by atoms with van der Waals surface area (Å²) in [6, 6.07) is 11.0. The fraction of sp³-hybridized carbons (Fsp3) is 0.391. The number of imidazole rings is 2. The number of nitrogens with one attached hydrogen (secondary N) is 2. The zero-order chi connectivity index (χ0) is 41.5. The van der Waals surface area contributed by atoms with Crippen LogP contribution in [0.2, 0.25) is 0 Å². The normalized spacial score (nSPS) is 19.2. The van der Waals surface area contributed by atoms with Gasteiger partial charge in [0.2, 0.25) is 11.9 Å². The number of likely N-dealkylation sites (N-methyl/N-ethyl adjacent to an activating group) is 1. The lowest BCUT2D eigenvalue weighted by Crippen LogP contribution is -2.45. The van der Waals surface area contributed by atoms with E-state index in [-0.39, 0.29) is 6.04 Å². The third-order valence-electron chi connectivity index (χ3n) is 12.1. The first-order valence-electron chi connectivity index (χ1n) is 21.0. The average molecular weight is 794 g/mol. The van der Waals surface area contributed by atoms with E-state index in [0.29, 0.717) is 36.5 Å². The summed E-state index contributed by atoms with van der Waals surface area (Å²) in [7, 11) is 0. The van der Waals surface area contributed by atoms with E-state index in [4.69, 9.17) is 26.5 Å². The van der Waals surface area contributed by atoms with E-state index in [0.717, 1.165) is 126 Å². The van der Waals surface area contributed by atoms with Crippen LogP contribution < -0.4 is 22.1 Å². The number of hydrazone groups is 1. The molecule has 3 aliphatic heterocycles. The molecule has 0 spiro atoms. The number of rotatable bonds is 11. The molecule has 59 heavy (non-hydrogen) atoms. The molecule has 2 aromatic carbocycles. The monoisotopic (exact) mass is 794 g/mol. The van der Waals surface area contributed by atoms with Crippen LogP contribution in [-0.2, 0) is 32.5 Å². The Morgan fingerprint density at radius 1 is 0.780 bits per heavy atom. The van der Waals surface area contributed by atoms with Gasteiger partial charge in [0, 0.05) is 61.4 Å². The van der Waals surface area contributed by atoms with Crippen LogP contribution in [0, 0.1) is 6.92 Å². The molecular formula is C46H59N13. The van der Waals surface area contributed by atoms with E-state index in [2.05, 4.69) is 124 Å². The Balaban J connectivity index is 1.24. The van der Waals surface area contributed by atoms with Crippen LogP contribution in [0.5, 0.6) is 0 Å². The van der Waals surface area contributed by atoms with Gasteiger partial charge in [-0.3, -0.25) is 9.69 Å². The summed E-state index contributed by atoms with van der Waals surface area (Å²) < 4.78 is 6.53. The average Bonchev–Trinajstić information content (AvgIpc) is 3.95. The molecule has 0 radical (unpaired) electrons. The van der Waals surface area contributed by atoms with Crippen molar-refractivity contribution in [3.05, 3.63) is 108 Å². The van der Waals surface area contributed by atoms with Crippen LogP contribution in [0.15, 0.2) is 79.6 Å². The van der Waals surface area contributed by atoms with Crippen molar-refractivity contribution < 1.29 is 0 Å². The van der Waals surface area contributed by atoms with Crippen LogP contribution >= 0.6 is 0 Å². The number of likely N-dealkylation sites (tertiary alicyclic amines) is 1. The summed E-state index contributed by atoms with van der Waals surface area (Å²) in [6.45, 7) is 30.4. The SMILES string of the molecule is C=C(N)c1cc2c3c(c1)nc(NC(=C)c1cc(C)nn1CC)n3C/C=C/Cn1c(NC(=C)C3CC(C)=NN3CC)nc3cc(C(=C)N)cc(c31)CCC(N1CCC1)CC2. The molecule has 13 heteroatoms. The molecule has 0 bridgehead atoms. The molecule has 308 valence electrons. The molecule has 0 saturated carbocycles. The van der Waals surface area contributed by atoms with Crippen LogP contribution in [0.3, 0.4) is 0 Å². The largest absolute Gasteiger partial charge is 0.399 e. The van der Waals surface area contributed by atoms with Crippen molar-refractivity contribution >= 4 is 56.8 Å². The standard InChI is InChI=1S/C46H59N13/c1-9-58-41(22-28(3)53-58)32(7)49-45-51-39-26-36(30(5)47)24-34-14-16-38(55-18-13-19-55)17-15-35-25-37(31(6)48)27-40-44(35)57(21-12-11-20-56(45)43(34)39)46(52-40)50-33(8)42-23-29(4)54-59(42)10-2/h11-12,22,24-27,38,42H,5-10,13-21,23,47-48H2,1-4H3,(H,49,51)(H,50,52)/b12-11+. The summed E-state index contributed by atoms with van der Waals surface area (Å²) in [6.07, 6.45) is 10.2. The topological polar surface area (TPSA) is 148 Å². The van der Waals surface area contributed by atoms with Gasteiger partial charge >= 0.3 is 0 Å². The highest BCUT2D eigenvalue weighted by molar-refractivity contribution is 5.89. The van der Waals surface area contributed by atoms with Gasteiger partial charge in [0.25, 0.3) is 0 Å². The first kappa shape index (κ1) is 39.7. The quantitative estimate of drug-likeness (QED) is 0.100. The zero-order valence-corrected chi connectivity index (χ0v) is 35.2. The van der Waals surface area contributed by atoms with Crippen molar-refractivity contribution in [1.29, 1.82) is 0 Å². The van der Waals surface area contributed by atoms with Crippen molar-refractivity contribution in [3.8, 4) is 0 Å². The Morgan fingerprint density at radius 3 is 1.86 bits per heavy atom. The van der Waals surface area contributed by atoms with Gasteiger partial charge in [-0.25, -0.2) is 9.97 Å². The summed E-state index contributed by atoms with van der Waals surface area (Å²) in [4.78, 5) is 13.1. The Hall–Kier alpha value is -6.08. The van der Waals surface area contributed by atoms with Gasteiger partial charge in [-0.2, -0.15) is 10.2 Å². The number of benzene rings is 2. The number of anilines is 2. The lowest BCUT2D eigenvalue weighted by Gasteiger charge is -2.39. The molecule has 3 aromatic heterocycles. The Bertz CT molecular complexity index is 2540. The number of allylic oxidation sites excluding steroid dienone is 2. The highest BCUT2D eigenvalue weighted by Gasteiger charge is 2.29. The van der Waals surface area contributed by atoms with E-state index in [1.165, 1.54) is 17.5 Å². The summed E-state index contributed by atoms with van der Waals surface area (Å²) in [5.74, 6) is 1.45. The van der Waals surface area contributed by atoms with Gasteiger partial charge < -0.3 is 36.1 Å². The molecule has 8 rings (SSSR count). The van der Waals surface area contributed by atoms with E-state index < -0.39 is 0 Å². The molecular weight excluding hydrogens is 735 g/mol. The van der Waals surface area contributed by atoms with Gasteiger partial charge in [-0.15, -0.1) is 0 Å². The Morgan fingerprint density at radius 2 is 1.36 bits per heavy atom. The van der Waals surface area contributed by atoms with E-state index in [1.807, 2.05) is 11.6 Å². The summed E-state index contributed by atoms with van der Waals surface area (Å²) in [5, 5.41) is 18.8. The van der Waals surface area contributed by atoms with Crippen LogP contribution in [-0.4, -0.2) is 76.2 Å². The van der Waals surface area contributed by atoms with Gasteiger partial charge in [-0.05, 0) is 125 Å². The number of aryl methyl sites for hydroxylation is 4. The van der Waals surface area contributed by atoms with Crippen molar-refractivity contribution in [2.45, 2.75) is 97.9 Å². The molecule has 2 unspecified atom stereocenters. The highest BCUT2D eigenvalue weighted by Crippen LogP contribution is 2.34. The molecule has 2 atom stereocenters. The smallest absolute Gasteiger partial charge is 0.208 e. The van der Waals surface area contributed by atoms with E-state index in [9.17, 15) is 0 Å². The first-order valence-corrected chi connectivity index (χ1v) is 21.0. The number of hydrogen-bond donors (Lipinski definition) is 4. The number of hydrogen-bond acceptors (Lipinski definition) is 10. The van der Waals surface area contributed by atoms with Gasteiger partial charge in [-0.1, -0.05) is 38.5 Å². The third-order valence-corrected chi connectivity index (χ3v) is 12.1. The summed E-state index contributed by atoms with van der Waals surface area (Å²) >= 11 is 0. The minimum Gasteiger partial charge on any atom is -0.399 e. The fourth-order valence-corrected chi connectivity index (χ4v) is 8.99. The van der Waals surface area contributed by atoms with Crippen LogP contribution in [0.1, 0.15) is 80.1 Å². The highest BCUT2D eigenvalue weighted by atomic mass is 15.5. The Labute approximate surface area is 347 Å². The molecule has 3 aliphatic rings. The van der Waals surface area contributed by atoms with Crippen molar-refractivity contribution in [3.63, 3.8) is 0 Å². The molecule has 5 aromatic rings. The van der Waals surface area contributed by atoms with Crippen LogP contribution in [0.25, 0.3) is 39.2 Å². The molecule has 0 aliphatic carbocycles. The van der Waals surface area contributed by atoms with Crippen molar-refractivity contribution in [2.24, 2.45) is 16.6 Å². The molecule has 0 amide bonds. The maximum absolute atomic E-state index is 6.39. The minimum absolute atomic E-state index is 0.0442. The molecule has 6 heterocycles. The molecule has 6 N–H and O–H groups in total. The Kier molecular flexibility index (Phi) is 11.0. The molecule has 13 nitrogen and oxygen atoms in total. The fourth-order valence-electron chi connectivity index (χ4n) is 8.99. The summed E-state index contributed by atoms with van der Waals surface area (Å²) in [5.41, 5.74) is 26.6. The van der Waals surface area contributed by atoms with E-state index in [1.54, 1.807) is 0 Å². The van der Waals surface area contributed by atoms with Gasteiger partial charge in [0.1, 0.15) is 0 Å². The molecule has 1 saturated heterocycles. The predicted molar refractivity (Wildman–Crippen MR) is 244 cm³/mol. The second kappa shape index (κ2) is 16.3. The van der Waals surface area contributed by atoms with Crippen molar-refractivity contribution in [1.82, 2.24) is 38.8 Å².